The molecule has 0 fully saturated rings. The van der Waals surface area contributed by atoms with Crippen LogP contribution in [0.25, 0.3) is 0 Å². The summed E-state index contributed by atoms with van der Waals surface area (Å²) in [6.45, 7) is 0.605. The van der Waals surface area contributed by atoms with E-state index >= 15 is 0 Å². The SMILES string of the molecule is O=C(CNc1cccc2c1OCCO2)Nc1ccccc1C(F)(F)F. The number of hydrogen-bond acceptors (Lipinski definition) is 4. The molecule has 2 N–H and O–H groups in total. The molecule has 0 unspecified atom stereocenters. The number of benzene rings is 2. The third kappa shape index (κ3) is 3.96. The van der Waals surface area contributed by atoms with E-state index in [1.54, 1.807) is 18.2 Å². The Bertz CT molecular complexity index is 778. The number of rotatable bonds is 4. The Morgan fingerprint density at radius 3 is 2.52 bits per heavy atom. The van der Waals surface area contributed by atoms with E-state index in [1.165, 1.54) is 18.2 Å². The summed E-state index contributed by atoms with van der Waals surface area (Å²) < 4.78 is 49.8. The van der Waals surface area contributed by atoms with Gasteiger partial charge in [0.2, 0.25) is 5.91 Å². The minimum absolute atomic E-state index is 0.216. The zero-order valence-electron chi connectivity index (χ0n) is 13.0. The van der Waals surface area contributed by atoms with Crippen LogP contribution in [0.3, 0.4) is 0 Å². The second-order valence-electron chi connectivity index (χ2n) is 5.27. The molecule has 1 amide bonds. The highest BCUT2D eigenvalue weighted by Gasteiger charge is 2.33. The molecule has 8 heteroatoms. The minimum Gasteiger partial charge on any atom is -0.486 e. The molecule has 5 nitrogen and oxygen atoms in total. The number of carbonyl (C=O) groups excluding carboxylic acids is 1. The molecule has 0 spiro atoms. The molecule has 1 heterocycles. The van der Waals surface area contributed by atoms with Gasteiger partial charge in [-0.2, -0.15) is 13.2 Å². The zero-order valence-corrected chi connectivity index (χ0v) is 13.0. The number of anilines is 2. The van der Waals surface area contributed by atoms with Gasteiger partial charge in [0.25, 0.3) is 0 Å². The zero-order chi connectivity index (χ0) is 17.9. The normalized spacial score (nSPS) is 13.2. The standard InChI is InChI=1S/C17H15F3N2O3/c18-17(19,20)11-4-1-2-5-12(11)22-15(23)10-21-13-6-3-7-14-16(13)25-9-8-24-14/h1-7,21H,8-10H2,(H,22,23). The first-order chi connectivity index (χ1) is 11.9. The maximum absolute atomic E-state index is 12.9. The fourth-order valence-corrected chi connectivity index (χ4v) is 2.42. The van der Waals surface area contributed by atoms with E-state index in [4.69, 9.17) is 9.47 Å². The van der Waals surface area contributed by atoms with Gasteiger partial charge in [-0.15, -0.1) is 0 Å². The second-order valence-corrected chi connectivity index (χ2v) is 5.27. The van der Waals surface area contributed by atoms with Gasteiger partial charge in [-0.05, 0) is 24.3 Å². The summed E-state index contributed by atoms with van der Waals surface area (Å²) in [6, 6.07) is 9.99. The van der Waals surface area contributed by atoms with Crippen LogP contribution in [0.15, 0.2) is 42.5 Å². The highest BCUT2D eigenvalue weighted by atomic mass is 19.4. The van der Waals surface area contributed by atoms with Gasteiger partial charge in [0.15, 0.2) is 11.5 Å². The molecule has 2 aromatic rings. The predicted molar refractivity (Wildman–Crippen MR) is 86.0 cm³/mol. The van der Waals surface area contributed by atoms with E-state index in [9.17, 15) is 18.0 Å². The molecule has 3 rings (SSSR count). The molecule has 0 saturated heterocycles. The lowest BCUT2D eigenvalue weighted by Gasteiger charge is -2.21. The third-order valence-electron chi connectivity index (χ3n) is 3.51. The Kier molecular flexibility index (Phi) is 4.69. The molecule has 0 saturated carbocycles. The van der Waals surface area contributed by atoms with Crippen LogP contribution in [0, 0.1) is 0 Å². The Hall–Kier alpha value is -2.90. The third-order valence-corrected chi connectivity index (χ3v) is 3.51. The van der Waals surface area contributed by atoms with E-state index in [-0.39, 0.29) is 12.2 Å². The van der Waals surface area contributed by atoms with Crippen molar-refractivity contribution in [3.63, 3.8) is 0 Å². The van der Waals surface area contributed by atoms with Crippen molar-refractivity contribution in [3.8, 4) is 11.5 Å². The lowest BCUT2D eigenvalue weighted by Crippen LogP contribution is -2.24. The number of halogens is 3. The van der Waals surface area contributed by atoms with Crippen molar-refractivity contribution >= 4 is 17.3 Å². The molecule has 0 aromatic heterocycles. The van der Waals surface area contributed by atoms with Crippen LogP contribution >= 0.6 is 0 Å². The minimum atomic E-state index is -4.54. The van der Waals surface area contributed by atoms with Crippen molar-refractivity contribution in [2.24, 2.45) is 0 Å². The molecule has 132 valence electrons. The molecular weight excluding hydrogens is 337 g/mol. The molecule has 1 aliphatic heterocycles. The van der Waals surface area contributed by atoms with Crippen molar-refractivity contribution in [2.75, 3.05) is 30.4 Å². The summed E-state index contributed by atoms with van der Waals surface area (Å²) in [6.07, 6.45) is -4.54. The smallest absolute Gasteiger partial charge is 0.418 e. The van der Waals surface area contributed by atoms with Crippen molar-refractivity contribution in [1.82, 2.24) is 0 Å². The van der Waals surface area contributed by atoms with Crippen LogP contribution in [0.5, 0.6) is 11.5 Å². The van der Waals surface area contributed by atoms with Crippen molar-refractivity contribution < 1.29 is 27.4 Å². The summed E-state index contributed by atoms with van der Waals surface area (Å²) in [5.41, 5.74) is -0.634. The maximum atomic E-state index is 12.9. The maximum Gasteiger partial charge on any atom is 0.418 e. The molecule has 0 atom stereocenters. The van der Waals surface area contributed by atoms with E-state index in [0.29, 0.717) is 30.4 Å². The van der Waals surface area contributed by atoms with Crippen LogP contribution in [-0.4, -0.2) is 25.7 Å². The first kappa shape index (κ1) is 16.9. The number of fused-ring (bicyclic) bond motifs is 1. The fourth-order valence-electron chi connectivity index (χ4n) is 2.42. The van der Waals surface area contributed by atoms with Gasteiger partial charge in [-0.25, -0.2) is 0 Å². The van der Waals surface area contributed by atoms with Gasteiger partial charge in [-0.3, -0.25) is 4.79 Å². The lowest BCUT2D eigenvalue weighted by molar-refractivity contribution is -0.137. The van der Waals surface area contributed by atoms with Crippen LogP contribution in [0.4, 0.5) is 24.5 Å². The molecular formula is C17H15F3N2O3. The lowest BCUT2D eigenvalue weighted by atomic mass is 10.1. The summed E-state index contributed by atoms with van der Waals surface area (Å²) in [7, 11) is 0. The number of alkyl halides is 3. The van der Waals surface area contributed by atoms with E-state index in [2.05, 4.69) is 10.6 Å². The van der Waals surface area contributed by atoms with Crippen molar-refractivity contribution in [2.45, 2.75) is 6.18 Å². The number of nitrogens with one attached hydrogen (secondary N) is 2. The van der Waals surface area contributed by atoms with E-state index < -0.39 is 17.6 Å². The molecule has 0 radical (unpaired) electrons. The Morgan fingerprint density at radius 1 is 1.00 bits per heavy atom. The van der Waals surface area contributed by atoms with Gasteiger partial charge in [0.05, 0.1) is 23.5 Å². The summed E-state index contributed by atoms with van der Waals surface area (Å²) in [5.74, 6) is 0.433. The fraction of sp³-hybridized carbons (Fsp3) is 0.235. The number of ether oxygens (including phenoxy) is 2. The average Bonchev–Trinajstić information content (AvgIpc) is 2.59. The first-order valence-corrected chi connectivity index (χ1v) is 7.54. The highest BCUT2D eigenvalue weighted by molar-refractivity contribution is 5.94. The van der Waals surface area contributed by atoms with Crippen LogP contribution < -0.4 is 20.1 Å². The Morgan fingerprint density at radius 2 is 1.72 bits per heavy atom. The van der Waals surface area contributed by atoms with E-state index in [0.717, 1.165) is 6.07 Å². The van der Waals surface area contributed by atoms with Gasteiger partial charge < -0.3 is 20.1 Å². The van der Waals surface area contributed by atoms with Gasteiger partial charge in [-0.1, -0.05) is 18.2 Å². The van der Waals surface area contributed by atoms with Gasteiger partial charge >= 0.3 is 6.18 Å². The topological polar surface area (TPSA) is 59.6 Å². The first-order valence-electron chi connectivity index (χ1n) is 7.54. The molecule has 2 aromatic carbocycles. The summed E-state index contributed by atoms with van der Waals surface area (Å²) >= 11 is 0. The van der Waals surface area contributed by atoms with Crippen LogP contribution in [0.1, 0.15) is 5.56 Å². The number of carbonyl (C=O) groups is 1. The average molecular weight is 352 g/mol. The van der Waals surface area contributed by atoms with Gasteiger partial charge in [0, 0.05) is 0 Å². The quantitative estimate of drug-likeness (QED) is 0.884. The number of para-hydroxylation sites is 2. The molecule has 25 heavy (non-hydrogen) atoms. The monoisotopic (exact) mass is 352 g/mol. The summed E-state index contributed by atoms with van der Waals surface area (Å²) in [5, 5.41) is 5.13. The van der Waals surface area contributed by atoms with Gasteiger partial charge in [0.1, 0.15) is 13.2 Å². The van der Waals surface area contributed by atoms with Crippen molar-refractivity contribution in [3.05, 3.63) is 48.0 Å². The Balaban J connectivity index is 1.67. The number of hydrogen-bond donors (Lipinski definition) is 2. The van der Waals surface area contributed by atoms with Crippen LogP contribution in [-0.2, 0) is 11.0 Å². The van der Waals surface area contributed by atoms with Crippen LogP contribution in [0.2, 0.25) is 0 Å². The molecule has 0 aliphatic carbocycles. The highest BCUT2D eigenvalue weighted by Crippen LogP contribution is 2.37. The number of amides is 1. The Labute approximate surface area is 141 Å². The summed E-state index contributed by atoms with van der Waals surface area (Å²) in [4.78, 5) is 12.0. The van der Waals surface area contributed by atoms with Crippen molar-refractivity contribution in [1.29, 1.82) is 0 Å². The second kappa shape index (κ2) is 6.92. The predicted octanol–water partition coefficient (Wildman–Crippen LogP) is 3.53. The largest absolute Gasteiger partial charge is 0.486 e. The molecule has 1 aliphatic rings. The molecule has 0 bridgehead atoms. The van der Waals surface area contributed by atoms with E-state index in [1.807, 2.05) is 0 Å².